The summed E-state index contributed by atoms with van der Waals surface area (Å²) in [5.74, 6) is 0.282. The fraction of sp³-hybridized carbons (Fsp3) is 0.455. The van der Waals surface area contributed by atoms with Gasteiger partial charge in [-0.3, -0.25) is 0 Å². The van der Waals surface area contributed by atoms with Crippen LogP contribution >= 0.6 is 11.6 Å². The van der Waals surface area contributed by atoms with Crippen molar-refractivity contribution in [2.24, 2.45) is 5.10 Å². The lowest BCUT2D eigenvalue weighted by Crippen LogP contribution is -2.30. The van der Waals surface area contributed by atoms with Gasteiger partial charge in [0.05, 0.1) is 0 Å². The van der Waals surface area contributed by atoms with Crippen LogP contribution in [0, 0.1) is 10.1 Å². The number of nitrogens with one attached hydrogen (secondary N) is 1. The van der Waals surface area contributed by atoms with Crippen LogP contribution in [0.15, 0.2) is 23.4 Å². The maximum atomic E-state index is 10.3. The van der Waals surface area contributed by atoms with Gasteiger partial charge in [-0.15, -0.1) is 0 Å². The van der Waals surface area contributed by atoms with Gasteiger partial charge in [-0.2, -0.15) is 0 Å². The Hall–Kier alpha value is -1.93. The van der Waals surface area contributed by atoms with Gasteiger partial charge in [0.2, 0.25) is 0 Å². The standard InChI is InChI=1S/C9H10ClN5O2.C2H6O/c10-8-2-1-7(5-12-8)6-14-4-3-11-9(14)13-15(16)17;1-3-2/h1-2,5H,3-4,6H2,(H,11,13);1-2H3. The molecule has 9 heteroatoms. The van der Waals surface area contributed by atoms with E-state index in [1.165, 1.54) is 0 Å². The third-order valence-electron chi connectivity index (χ3n) is 2.30. The monoisotopic (exact) mass is 301 g/mol. The Bertz CT molecular complexity index is 466. The molecule has 0 aliphatic carbocycles. The van der Waals surface area contributed by atoms with Gasteiger partial charge in [0, 0.05) is 40.1 Å². The van der Waals surface area contributed by atoms with Gasteiger partial charge >= 0.3 is 0 Å². The van der Waals surface area contributed by atoms with Gasteiger partial charge in [-0.25, -0.2) is 15.1 Å². The minimum absolute atomic E-state index is 0.282. The van der Waals surface area contributed by atoms with Crippen molar-refractivity contribution in [3.05, 3.63) is 39.2 Å². The molecule has 0 saturated carbocycles. The Labute approximate surface area is 121 Å². The predicted octanol–water partition coefficient (Wildman–Crippen LogP) is 0.950. The molecule has 1 aliphatic heterocycles. The van der Waals surface area contributed by atoms with E-state index >= 15 is 0 Å². The molecule has 1 N–H and O–H groups in total. The summed E-state index contributed by atoms with van der Waals surface area (Å²) in [5.41, 5.74) is 0.925. The number of hydrogen-bond acceptors (Lipinski definition) is 4. The highest BCUT2D eigenvalue weighted by Crippen LogP contribution is 2.09. The van der Waals surface area contributed by atoms with Crippen LogP contribution in [0.25, 0.3) is 0 Å². The molecule has 1 aromatic rings. The minimum Gasteiger partial charge on any atom is -0.388 e. The van der Waals surface area contributed by atoms with Crippen molar-refractivity contribution < 1.29 is 9.77 Å². The second-order valence-electron chi connectivity index (χ2n) is 3.91. The first kappa shape index (κ1) is 16.1. The number of halogens is 1. The summed E-state index contributed by atoms with van der Waals surface area (Å²) in [4.78, 5) is 16.1. The summed E-state index contributed by atoms with van der Waals surface area (Å²) in [7, 11) is 3.25. The maximum Gasteiger partial charge on any atom is 0.271 e. The molecule has 0 amide bonds. The number of guanidine groups is 1. The zero-order chi connectivity index (χ0) is 15.0. The van der Waals surface area contributed by atoms with Gasteiger partial charge < -0.3 is 15.0 Å². The molecular formula is C11H16ClN5O3. The minimum atomic E-state index is -0.708. The molecule has 2 heterocycles. The molecule has 0 unspecified atom stereocenters. The number of ether oxygens (including phenoxy) is 1. The van der Waals surface area contributed by atoms with Crippen LogP contribution in [0.1, 0.15) is 5.56 Å². The molecule has 1 saturated heterocycles. The molecule has 0 radical (unpaired) electrons. The lowest BCUT2D eigenvalue weighted by molar-refractivity contribution is -0.485. The topological polar surface area (TPSA) is 92.9 Å². The van der Waals surface area contributed by atoms with Crippen molar-refractivity contribution in [1.29, 1.82) is 0 Å². The van der Waals surface area contributed by atoms with E-state index in [9.17, 15) is 10.1 Å². The van der Waals surface area contributed by atoms with E-state index in [0.29, 0.717) is 24.8 Å². The zero-order valence-corrected chi connectivity index (χ0v) is 12.0. The lowest BCUT2D eigenvalue weighted by atomic mass is 10.3. The van der Waals surface area contributed by atoms with Crippen LogP contribution in [0.5, 0.6) is 0 Å². The molecule has 0 atom stereocenters. The molecule has 0 aromatic carbocycles. The molecular weight excluding hydrogens is 286 g/mol. The number of nitro groups is 1. The summed E-state index contributed by atoms with van der Waals surface area (Å²) in [6.07, 6.45) is 1.64. The number of nitrogens with zero attached hydrogens (tertiary/aromatic N) is 4. The van der Waals surface area contributed by atoms with Crippen LogP contribution in [0.4, 0.5) is 0 Å². The number of hydrazone groups is 1. The summed E-state index contributed by atoms with van der Waals surface area (Å²) in [5, 5.41) is 16.2. The summed E-state index contributed by atoms with van der Waals surface area (Å²) >= 11 is 5.68. The fourth-order valence-corrected chi connectivity index (χ4v) is 1.68. The average Bonchev–Trinajstić information content (AvgIpc) is 2.80. The second kappa shape index (κ2) is 8.28. The van der Waals surface area contributed by atoms with Crippen molar-refractivity contribution >= 4 is 17.6 Å². The maximum absolute atomic E-state index is 10.3. The van der Waals surface area contributed by atoms with Crippen molar-refractivity contribution in [1.82, 2.24) is 15.2 Å². The molecule has 20 heavy (non-hydrogen) atoms. The molecule has 2 rings (SSSR count). The van der Waals surface area contributed by atoms with Crippen LogP contribution in [-0.4, -0.2) is 48.2 Å². The largest absolute Gasteiger partial charge is 0.388 e. The number of aromatic nitrogens is 1. The Morgan fingerprint density at radius 1 is 1.60 bits per heavy atom. The van der Waals surface area contributed by atoms with E-state index in [1.807, 2.05) is 6.07 Å². The van der Waals surface area contributed by atoms with E-state index < -0.39 is 5.03 Å². The Balaban J connectivity index is 0.000000612. The SMILES string of the molecule is COC.O=[N+]([O-])N=C1NCCN1Cc1ccc(Cl)nc1. The Morgan fingerprint density at radius 2 is 2.30 bits per heavy atom. The normalized spacial score (nSPS) is 15.6. The Kier molecular flexibility index (Phi) is 6.68. The van der Waals surface area contributed by atoms with Gasteiger partial charge in [0.1, 0.15) is 10.3 Å². The summed E-state index contributed by atoms with van der Waals surface area (Å²) in [6.45, 7) is 1.84. The van der Waals surface area contributed by atoms with Gasteiger partial charge in [0.25, 0.3) is 5.96 Å². The molecule has 0 bridgehead atoms. The molecule has 8 nitrogen and oxygen atoms in total. The molecule has 1 aliphatic rings. The first-order valence-electron chi connectivity index (χ1n) is 5.79. The van der Waals surface area contributed by atoms with Crippen LogP contribution in [-0.2, 0) is 11.3 Å². The number of hydrogen-bond donors (Lipinski definition) is 1. The van der Waals surface area contributed by atoms with E-state index in [-0.39, 0.29) is 5.96 Å². The smallest absolute Gasteiger partial charge is 0.271 e. The van der Waals surface area contributed by atoms with Gasteiger partial charge in [-0.05, 0) is 11.6 Å². The van der Waals surface area contributed by atoms with E-state index in [0.717, 1.165) is 5.56 Å². The average molecular weight is 302 g/mol. The number of pyridine rings is 1. The van der Waals surface area contributed by atoms with E-state index in [4.69, 9.17) is 11.6 Å². The zero-order valence-electron chi connectivity index (χ0n) is 11.2. The lowest BCUT2D eigenvalue weighted by Gasteiger charge is -2.14. The highest BCUT2D eigenvalue weighted by Gasteiger charge is 2.21. The third-order valence-corrected chi connectivity index (χ3v) is 2.53. The summed E-state index contributed by atoms with van der Waals surface area (Å²) in [6, 6.07) is 3.52. The molecule has 1 aromatic heterocycles. The molecule has 1 fully saturated rings. The second-order valence-corrected chi connectivity index (χ2v) is 4.29. The number of methoxy groups -OCH3 is 1. The van der Waals surface area contributed by atoms with Crippen molar-refractivity contribution in [2.75, 3.05) is 27.3 Å². The van der Waals surface area contributed by atoms with Crippen LogP contribution < -0.4 is 5.32 Å². The third kappa shape index (κ3) is 5.37. The van der Waals surface area contributed by atoms with Gasteiger partial charge in [-0.1, -0.05) is 17.7 Å². The van der Waals surface area contributed by atoms with Crippen molar-refractivity contribution in [2.45, 2.75) is 6.54 Å². The van der Waals surface area contributed by atoms with E-state index in [2.05, 4.69) is 20.1 Å². The molecule has 0 spiro atoms. The van der Waals surface area contributed by atoms with E-state index in [1.54, 1.807) is 31.4 Å². The van der Waals surface area contributed by atoms with Gasteiger partial charge in [0.15, 0.2) is 5.03 Å². The first-order chi connectivity index (χ1) is 9.56. The van der Waals surface area contributed by atoms with Crippen LogP contribution in [0.2, 0.25) is 5.15 Å². The highest BCUT2D eigenvalue weighted by atomic mass is 35.5. The fourth-order valence-electron chi connectivity index (χ4n) is 1.57. The first-order valence-corrected chi connectivity index (χ1v) is 6.17. The molecule has 110 valence electrons. The highest BCUT2D eigenvalue weighted by molar-refractivity contribution is 6.29. The van der Waals surface area contributed by atoms with Crippen molar-refractivity contribution in [3.8, 4) is 0 Å². The summed E-state index contributed by atoms with van der Waals surface area (Å²) < 4.78 is 4.25. The van der Waals surface area contributed by atoms with Crippen molar-refractivity contribution in [3.63, 3.8) is 0 Å². The Morgan fingerprint density at radius 3 is 2.85 bits per heavy atom. The van der Waals surface area contributed by atoms with Crippen LogP contribution in [0.3, 0.4) is 0 Å². The predicted molar refractivity (Wildman–Crippen MR) is 75.0 cm³/mol. The quantitative estimate of drug-likeness (QED) is 0.507. The number of rotatable bonds is 3.